The molecule has 1 aromatic carbocycles. The second-order valence-corrected chi connectivity index (χ2v) is 8.82. The van der Waals surface area contributed by atoms with Crippen molar-refractivity contribution in [3.8, 4) is 0 Å². The highest BCUT2D eigenvalue weighted by Gasteiger charge is 2.27. The van der Waals surface area contributed by atoms with Crippen LogP contribution in [0.4, 0.5) is 4.39 Å². The highest BCUT2D eigenvalue weighted by atomic mass is 35.5. The molecule has 2 aliphatic rings. The number of hydrogen-bond acceptors (Lipinski definition) is 5. The van der Waals surface area contributed by atoms with Crippen molar-refractivity contribution in [1.82, 2.24) is 14.7 Å². The molecule has 9 heteroatoms. The molecule has 32 heavy (non-hydrogen) atoms. The molecule has 2 heterocycles. The predicted octanol–water partition coefficient (Wildman–Crippen LogP) is 1.62. The molecule has 0 unspecified atom stereocenters. The third-order valence-corrected chi connectivity index (χ3v) is 6.49. The van der Waals surface area contributed by atoms with Crippen molar-refractivity contribution in [2.45, 2.75) is 25.4 Å². The minimum atomic E-state index is -0.507. The second-order valence-electron chi connectivity index (χ2n) is 8.42. The van der Waals surface area contributed by atoms with Crippen molar-refractivity contribution in [3.63, 3.8) is 0 Å². The Balaban J connectivity index is 1.44. The van der Waals surface area contributed by atoms with Crippen LogP contribution in [0.5, 0.6) is 0 Å². The summed E-state index contributed by atoms with van der Waals surface area (Å²) in [6.07, 6.45) is 4.35. The lowest BCUT2D eigenvalue weighted by Crippen LogP contribution is -2.46. The van der Waals surface area contributed by atoms with E-state index in [0.29, 0.717) is 38.3 Å². The molecule has 0 saturated carbocycles. The van der Waals surface area contributed by atoms with Crippen LogP contribution in [0.2, 0.25) is 5.02 Å². The number of amides is 2. The van der Waals surface area contributed by atoms with Gasteiger partial charge < -0.3 is 24.9 Å². The minimum absolute atomic E-state index is 0.00267. The highest BCUT2D eigenvalue weighted by molar-refractivity contribution is 6.30. The molecule has 2 N–H and O–H groups in total. The van der Waals surface area contributed by atoms with E-state index >= 15 is 0 Å². The van der Waals surface area contributed by atoms with Crippen LogP contribution in [0, 0.1) is 11.7 Å². The summed E-state index contributed by atoms with van der Waals surface area (Å²) in [5.74, 6) is -0.711. The fourth-order valence-electron chi connectivity index (χ4n) is 4.16. The Morgan fingerprint density at radius 2 is 2.03 bits per heavy atom. The monoisotopic (exact) mass is 467 g/mol. The molecule has 2 atom stereocenters. The molecule has 0 bridgehead atoms. The van der Waals surface area contributed by atoms with Crippen LogP contribution < -0.4 is 0 Å². The van der Waals surface area contributed by atoms with E-state index in [2.05, 4.69) is 4.90 Å². The van der Waals surface area contributed by atoms with Crippen LogP contribution in [0.1, 0.15) is 24.8 Å². The first-order valence-corrected chi connectivity index (χ1v) is 11.5. The molecule has 0 aromatic heterocycles. The van der Waals surface area contributed by atoms with Crippen molar-refractivity contribution in [2.24, 2.45) is 5.92 Å². The number of benzene rings is 1. The van der Waals surface area contributed by atoms with E-state index in [0.717, 1.165) is 25.9 Å². The fourth-order valence-corrected chi connectivity index (χ4v) is 4.35. The van der Waals surface area contributed by atoms with E-state index in [4.69, 9.17) is 11.6 Å². The quantitative estimate of drug-likeness (QED) is 0.595. The summed E-state index contributed by atoms with van der Waals surface area (Å²) >= 11 is 5.77. The number of aliphatic hydroxyl groups excluding tert-OH is 2. The molecule has 2 aliphatic heterocycles. The van der Waals surface area contributed by atoms with Gasteiger partial charge in [0, 0.05) is 57.7 Å². The van der Waals surface area contributed by atoms with Gasteiger partial charge in [0.2, 0.25) is 11.8 Å². The first kappa shape index (κ1) is 24.6. The smallest absolute Gasteiger partial charge is 0.246 e. The maximum atomic E-state index is 13.3. The lowest BCUT2D eigenvalue weighted by Gasteiger charge is -2.35. The summed E-state index contributed by atoms with van der Waals surface area (Å²) in [5, 5.41) is 19.3. The molecule has 176 valence electrons. The standard InChI is InChI=1S/C23H31ClFN3O4/c24-19-14-17(2-4-20(19)25)3-5-22(31)28-11-7-23(32)27(12-13-28)9-1-8-26-10-6-18(16-29)21(30)15-26/h2-5,14,18,21,29-30H,1,6-13,15-16H2/b5-3+/t18-,21-/m1/s1. The normalized spacial score (nSPS) is 23.1. The average Bonchev–Trinajstić information content (AvgIpc) is 2.96. The van der Waals surface area contributed by atoms with Crippen LogP contribution in [0.3, 0.4) is 0 Å². The molecular formula is C23H31ClFN3O4. The maximum Gasteiger partial charge on any atom is 0.246 e. The van der Waals surface area contributed by atoms with Gasteiger partial charge in [0.1, 0.15) is 5.82 Å². The van der Waals surface area contributed by atoms with E-state index in [-0.39, 0.29) is 35.8 Å². The summed E-state index contributed by atoms with van der Waals surface area (Å²) in [5.41, 5.74) is 0.630. The zero-order valence-electron chi connectivity index (χ0n) is 18.1. The van der Waals surface area contributed by atoms with Crippen LogP contribution in [-0.2, 0) is 9.59 Å². The van der Waals surface area contributed by atoms with Gasteiger partial charge in [-0.15, -0.1) is 0 Å². The fraction of sp³-hybridized carbons (Fsp3) is 0.565. The summed E-state index contributed by atoms with van der Waals surface area (Å²) in [6, 6.07) is 4.26. The second kappa shape index (κ2) is 11.7. The third-order valence-electron chi connectivity index (χ3n) is 6.20. The van der Waals surface area contributed by atoms with Gasteiger partial charge in [-0.2, -0.15) is 0 Å². The number of likely N-dealkylation sites (tertiary alicyclic amines) is 1. The summed E-state index contributed by atoms with van der Waals surface area (Å²) in [4.78, 5) is 30.6. The number of carbonyl (C=O) groups excluding carboxylic acids is 2. The Bertz CT molecular complexity index is 837. The molecule has 2 amide bonds. The number of aliphatic hydroxyl groups is 2. The molecule has 0 aliphatic carbocycles. The van der Waals surface area contributed by atoms with Crippen molar-refractivity contribution in [1.29, 1.82) is 0 Å². The number of β-amino-alcohol motifs (C(OH)–C–C–N with tert-alkyl or cyclic N) is 1. The van der Waals surface area contributed by atoms with Gasteiger partial charge in [0.25, 0.3) is 0 Å². The van der Waals surface area contributed by atoms with Crippen molar-refractivity contribution < 1.29 is 24.2 Å². The number of nitrogens with zero attached hydrogens (tertiary/aromatic N) is 3. The summed E-state index contributed by atoms with van der Waals surface area (Å²) in [7, 11) is 0. The van der Waals surface area contributed by atoms with Gasteiger partial charge in [0.05, 0.1) is 11.1 Å². The topological polar surface area (TPSA) is 84.3 Å². The zero-order chi connectivity index (χ0) is 23.1. The van der Waals surface area contributed by atoms with E-state index in [1.807, 2.05) is 0 Å². The predicted molar refractivity (Wildman–Crippen MR) is 120 cm³/mol. The van der Waals surface area contributed by atoms with Gasteiger partial charge in [-0.25, -0.2) is 4.39 Å². The van der Waals surface area contributed by atoms with Crippen molar-refractivity contribution in [3.05, 3.63) is 40.7 Å². The van der Waals surface area contributed by atoms with Crippen LogP contribution in [-0.4, -0.2) is 95.3 Å². The Morgan fingerprint density at radius 1 is 1.22 bits per heavy atom. The van der Waals surface area contributed by atoms with E-state index in [1.165, 1.54) is 18.2 Å². The number of hydrogen-bond donors (Lipinski definition) is 2. The van der Waals surface area contributed by atoms with Gasteiger partial charge in [-0.1, -0.05) is 17.7 Å². The molecule has 1 aromatic rings. The zero-order valence-corrected chi connectivity index (χ0v) is 18.9. The summed E-state index contributed by atoms with van der Waals surface area (Å²) in [6.45, 7) is 4.10. The molecule has 0 radical (unpaired) electrons. The van der Waals surface area contributed by atoms with Crippen molar-refractivity contribution >= 4 is 29.5 Å². The maximum absolute atomic E-state index is 13.3. The molecule has 2 saturated heterocycles. The molecular weight excluding hydrogens is 437 g/mol. The number of piperidine rings is 1. The molecule has 2 fully saturated rings. The van der Waals surface area contributed by atoms with Gasteiger partial charge in [-0.3, -0.25) is 9.59 Å². The van der Waals surface area contributed by atoms with Gasteiger partial charge in [0.15, 0.2) is 0 Å². The van der Waals surface area contributed by atoms with Crippen LogP contribution in [0.25, 0.3) is 6.08 Å². The van der Waals surface area contributed by atoms with E-state index < -0.39 is 11.9 Å². The minimum Gasteiger partial charge on any atom is -0.396 e. The molecule has 7 nitrogen and oxygen atoms in total. The number of carbonyl (C=O) groups is 2. The lowest BCUT2D eigenvalue weighted by atomic mass is 9.95. The Labute approximate surface area is 193 Å². The third kappa shape index (κ3) is 6.75. The number of rotatable bonds is 7. The number of halogens is 2. The highest BCUT2D eigenvalue weighted by Crippen LogP contribution is 2.18. The SMILES string of the molecule is O=C(/C=C/c1ccc(F)c(Cl)c1)N1CCC(=O)N(CCCN2CC[C@H](CO)[C@H](O)C2)CC1. The van der Waals surface area contributed by atoms with E-state index in [1.54, 1.807) is 21.9 Å². The average molecular weight is 468 g/mol. The Kier molecular flexibility index (Phi) is 9.04. The summed E-state index contributed by atoms with van der Waals surface area (Å²) < 4.78 is 13.3. The van der Waals surface area contributed by atoms with E-state index in [9.17, 15) is 24.2 Å². The molecule has 0 spiro atoms. The van der Waals surface area contributed by atoms with Gasteiger partial charge in [-0.05, 0) is 49.7 Å². The Hall–Kier alpha value is -2.00. The first-order chi connectivity index (χ1) is 15.4. The lowest BCUT2D eigenvalue weighted by molar-refractivity contribution is -0.130. The van der Waals surface area contributed by atoms with Crippen LogP contribution in [0.15, 0.2) is 24.3 Å². The molecule has 3 rings (SSSR count). The van der Waals surface area contributed by atoms with Crippen LogP contribution >= 0.6 is 11.6 Å². The Morgan fingerprint density at radius 3 is 2.75 bits per heavy atom. The largest absolute Gasteiger partial charge is 0.396 e. The van der Waals surface area contributed by atoms with Gasteiger partial charge >= 0.3 is 0 Å². The first-order valence-electron chi connectivity index (χ1n) is 11.1. The van der Waals surface area contributed by atoms with Crippen molar-refractivity contribution in [2.75, 3.05) is 52.4 Å².